The molecular formula is C10H9NO2. The van der Waals surface area contributed by atoms with E-state index in [1.807, 2.05) is 18.2 Å². The fourth-order valence-corrected chi connectivity index (χ4v) is 1.31. The highest BCUT2D eigenvalue weighted by Crippen LogP contribution is 2.20. The molecule has 1 aromatic heterocycles. The lowest BCUT2D eigenvalue weighted by Crippen LogP contribution is -1.79. The van der Waals surface area contributed by atoms with Gasteiger partial charge in [0.1, 0.15) is 6.29 Å². The average molecular weight is 175 g/mol. The van der Waals surface area contributed by atoms with Crippen LogP contribution in [0.2, 0.25) is 0 Å². The fraction of sp³-hybridized carbons (Fsp3) is 0.100. The molecule has 0 saturated carbocycles. The average Bonchev–Trinajstić information content (AvgIpc) is 2.58. The van der Waals surface area contributed by atoms with Crippen molar-refractivity contribution in [2.45, 2.75) is 0 Å². The number of rotatable bonds is 2. The highest BCUT2D eigenvalue weighted by molar-refractivity contribution is 5.88. The number of hydrogen-bond acceptors (Lipinski definition) is 2. The zero-order valence-corrected chi connectivity index (χ0v) is 7.20. The van der Waals surface area contributed by atoms with Gasteiger partial charge in [0.2, 0.25) is 0 Å². The number of nitrogens with one attached hydrogen (secondary N) is 1. The summed E-state index contributed by atoms with van der Waals surface area (Å²) in [7, 11) is 1.60. The van der Waals surface area contributed by atoms with Crippen LogP contribution in [-0.2, 0) is 0 Å². The van der Waals surface area contributed by atoms with Crippen LogP contribution in [0.15, 0.2) is 24.3 Å². The summed E-state index contributed by atoms with van der Waals surface area (Å²) in [5, 5.41) is 0.987. The smallest absolute Gasteiger partial charge is 0.191 e. The Morgan fingerprint density at radius 3 is 2.92 bits per heavy atom. The van der Waals surface area contributed by atoms with Crippen molar-refractivity contribution in [3.05, 3.63) is 29.8 Å². The van der Waals surface area contributed by atoms with E-state index >= 15 is 0 Å². The predicted molar refractivity (Wildman–Crippen MR) is 50.2 cm³/mol. The van der Waals surface area contributed by atoms with E-state index in [0.717, 1.165) is 17.2 Å². The maximum absolute atomic E-state index is 10.5. The molecule has 3 heteroatoms. The van der Waals surface area contributed by atoms with Gasteiger partial charge in [-0.25, -0.2) is 0 Å². The Morgan fingerprint density at radius 1 is 1.38 bits per heavy atom. The first kappa shape index (κ1) is 7.86. The lowest BCUT2D eigenvalue weighted by atomic mass is 10.2. The van der Waals surface area contributed by atoms with Crippen LogP contribution >= 0.6 is 0 Å². The Kier molecular flexibility index (Phi) is 1.77. The molecule has 0 aliphatic rings. The largest absolute Gasteiger partial charge is 0.482 e. The third kappa shape index (κ3) is 1.28. The van der Waals surface area contributed by atoms with Crippen LogP contribution in [0.4, 0.5) is 0 Å². The minimum Gasteiger partial charge on any atom is -0.482 e. The zero-order valence-electron chi connectivity index (χ0n) is 7.20. The minimum absolute atomic E-state index is 0.675. The maximum Gasteiger partial charge on any atom is 0.191 e. The molecule has 0 radical (unpaired) electrons. The molecule has 0 atom stereocenters. The standard InChI is InChI=1S/C10H9NO2/c1-13-10-5-8-4-7(6-12)2-3-9(8)11-10/h2-6,11H,1H3. The molecular weight excluding hydrogens is 166 g/mol. The molecule has 0 spiro atoms. The van der Waals surface area contributed by atoms with E-state index in [1.54, 1.807) is 13.2 Å². The third-order valence-corrected chi connectivity index (χ3v) is 1.98. The molecule has 0 saturated heterocycles. The molecule has 0 aliphatic heterocycles. The number of hydrogen-bond donors (Lipinski definition) is 1. The second kappa shape index (κ2) is 2.94. The van der Waals surface area contributed by atoms with Crippen molar-refractivity contribution in [1.29, 1.82) is 0 Å². The zero-order chi connectivity index (χ0) is 9.26. The van der Waals surface area contributed by atoms with Crippen molar-refractivity contribution >= 4 is 17.2 Å². The van der Waals surface area contributed by atoms with E-state index < -0.39 is 0 Å². The molecule has 0 amide bonds. The van der Waals surface area contributed by atoms with Crippen LogP contribution < -0.4 is 4.74 Å². The number of aromatic nitrogens is 1. The molecule has 0 fully saturated rings. The van der Waals surface area contributed by atoms with Gasteiger partial charge < -0.3 is 9.72 Å². The van der Waals surface area contributed by atoms with Crippen LogP contribution in [0.5, 0.6) is 5.88 Å². The summed E-state index contributed by atoms with van der Waals surface area (Å²) in [6.45, 7) is 0. The Morgan fingerprint density at radius 2 is 2.23 bits per heavy atom. The van der Waals surface area contributed by atoms with Gasteiger partial charge in [-0.15, -0.1) is 0 Å². The summed E-state index contributed by atoms with van der Waals surface area (Å²) >= 11 is 0. The molecule has 0 aliphatic carbocycles. The van der Waals surface area contributed by atoms with Crippen LogP contribution in [0.1, 0.15) is 10.4 Å². The number of methoxy groups -OCH3 is 1. The number of fused-ring (bicyclic) bond motifs is 1. The van der Waals surface area contributed by atoms with Crippen LogP contribution in [0.3, 0.4) is 0 Å². The monoisotopic (exact) mass is 175 g/mol. The third-order valence-electron chi connectivity index (χ3n) is 1.98. The second-order valence-electron chi connectivity index (χ2n) is 2.80. The highest BCUT2D eigenvalue weighted by Gasteiger charge is 2.00. The molecule has 0 bridgehead atoms. The van der Waals surface area contributed by atoms with Gasteiger partial charge in [-0.1, -0.05) is 0 Å². The van der Waals surface area contributed by atoms with Gasteiger partial charge in [-0.05, 0) is 18.2 Å². The van der Waals surface area contributed by atoms with Crippen molar-refractivity contribution in [2.24, 2.45) is 0 Å². The quantitative estimate of drug-likeness (QED) is 0.709. The summed E-state index contributed by atoms with van der Waals surface area (Å²) in [6.07, 6.45) is 0.832. The van der Waals surface area contributed by atoms with E-state index in [1.165, 1.54) is 0 Å². The Hall–Kier alpha value is -1.77. The molecule has 13 heavy (non-hydrogen) atoms. The van der Waals surface area contributed by atoms with Gasteiger partial charge in [0.25, 0.3) is 0 Å². The van der Waals surface area contributed by atoms with Gasteiger partial charge in [-0.3, -0.25) is 4.79 Å². The van der Waals surface area contributed by atoms with Crippen LogP contribution in [0, 0.1) is 0 Å². The van der Waals surface area contributed by atoms with Crippen molar-refractivity contribution in [2.75, 3.05) is 7.11 Å². The van der Waals surface area contributed by atoms with Gasteiger partial charge in [0, 0.05) is 22.5 Å². The lowest BCUT2D eigenvalue weighted by molar-refractivity contribution is 0.112. The van der Waals surface area contributed by atoms with Crippen molar-refractivity contribution in [3.8, 4) is 5.88 Å². The van der Waals surface area contributed by atoms with E-state index in [9.17, 15) is 4.79 Å². The number of benzene rings is 1. The Balaban J connectivity index is 2.63. The van der Waals surface area contributed by atoms with E-state index in [0.29, 0.717) is 11.4 Å². The highest BCUT2D eigenvalue weighted by atomic mass is 16.5. The number of H-pyrrole nitrogens is 1. The molecule has 1 aromatic carbocycles. The molecule has 1 heterocycles. The number of aldehydes is 1. The first-order chi connectivity index (χ1) is 6.33. The Bertz CT molecular complexity index is 445. The number of carbonyl (C=O) groups is 1. The summed E-state index contributed by atoms with van der Waals surface area (Å²) in [5.41, 5.74) is 1.65. The van der Waals surface area contributed by atoms with Gasteiger partial charge in [0.15, 0.2) is 5.88 Å². The normalized spacial score (nSPS) is 10.2. The fourth-order valence-electron chi connectivity index (χ4n) is 1.31. The summed E-state index contributed by atoms with van der Waals surface area (Å²) in [6, 6.07) is 7.32. The molecule has 2 aromatic rings. The van der Waals surface area contributed by atoms with Crippen LogP contribution in [0.25, 0.3) is 10.9 Å². The summed E-state index contributed by atoms with van der Waals surface area (Å²) in [4.78, 5) is 13.5. The van der Waals surface area contributed by atoms with Gasteiger partial charge in [-0.2, -0.15) is 0 Å². The van der Waals surface area contributed by atoms with Crippen molar-refractivity contribution in [1.82, 2.24) is 4.98 Å². The molecule has 2 rings (SSSR count). The number of ether oxygens (including phenoxy) is 1. The Labute approximate surface area is 75.3 Å². The molecule has 66 valence electrons. The summed E-state index contributed by atoms with van der Waals surface area (Å²) < 4.78 is 5.03. The molecule has 0 unspecified atom stereocenters. The minimum atomic E-state index is 0.675. The number of aromatic amines is 1. The van der Waals surface area contributed by atoms with E-state index in [4.69, 9.17) is 4.74 Å². The molecule has 1 N–H and O–H groups in total. The van der Waals surface area contributed by atoms with Gasteiger partial charge >= 0.3 is 0 Å². The predicted octanol–water partition coefficient (Wildman–Crippen LogP) is 1.99. The lowest BCUT2D eigenvalue weighted by Gasteiger charge is -1.90. The number of carbonyl (C=O) groups excluding carboxylic acids is 1. The topological polar surface area (TPSA) is 42.1 Å². The first-order valence-corrected chi connectivity index (χ1v) is 3.95. The molecule has 3 nitrogen and oxygen atoms in total. The van der Waals surface area contributed by atoms with Crippen molar-refractivity contribution < 1.29 is 9.53 Å². The van der Waals surface area contributed by atoms with E-state index in [-0.39, 0.29) is 0 Å². The van der Waals surface area contributed by atoms with E-state index in [2.05, 4.69) is 4.98 Å². The first-order valence-electron chi connectivity index (χ1n) is 3.95. The maximum atomic E-state index is 10.5. The van der Waals surface area contributed by atoms with Crippen LogP contribution in [-0.4, -0.2) is 18.4 Å². The SMILES string of the molecule is COc1cc2cc(C=O)ccc2[nH]1. The van der Waals surface area contributed by atoms with Crippen molar-refractivity contribution in [3.63, 3.8) is 0 Å². The van der Waals surface area contributed by atoms with Gasteiger partial charge in [0.05, 0.1) is 7.11 Å². The second-order valence-corrected chi connectivity index (χ2v) is 2.80. The summed E-state index contributed by atoms with van der Waals surface area (Å²) in [5.74, 6) is 0.707.